The van der Waals surface area contributed by atoms with Gasteiger partial charge in [-0.2, -0.15) is 0 Å². The van der Waals surface area contributed by atoms with Crippen molar-refractivity contribution in [3.05, 3.63) is 51.2 Å². The zero-order chi connectivity index (χ0) is 15.4. The molecule has 0 aliphatic carbocycles. The lowest BCUT2D eigenvalue weighted by atomic mass is 10.2. The molecule has 0 bridgehead atoms. The Labute approximate surface area is 130 Å². The third-order valence-corrected chi connectivity index (χ3v) is 4.04. The second-order valence-electron chi connectivity index (χ2n) is 4.44. The molecule has 2 rings (SSSR count). The largest absolute Gasteiger partial charge is 0.365 e. The van der Waals surface area contributed by atoms with Gasteiger partial charge in [-0.25, -0.2) is 8.78 Å². The van der Waals surface area contributed by atoms with Gasteiger partial charge in [0.15, 0.2) is 11.6 Å². The van der Waals surface area contributed by atoms with E-state index in [0.717, 1.165) is 17.0 Å². The van der Waals surface area contributed by atoms with Crippen LogP contribution in [0.25, 0.3) is 0 Å². The fourth-order valence-corrected chi connectivity index (χ4v) is 2.74. The fraction of sp³-hybridized carbons (Fsp3) is 0.214. The lowest BCUT2D eigenvalue weighted by Gasteiger charge is -2.18. The minimum absolute atomic E-state index is 0.0458. The first kappa shape index (κ1) is 15.7. The van der Waals surface area contributed by atoms with E-state index in [9.17, 15) is 13.6 Å². The Morgan fingerprint density at radius 2 is 2.05 bits per heavy atom. The summed E-state index contributed by atoms with van der Waals surface area (Å²) in [6, 6.07) is 7.12. The molecule has 112 valence electrons. The number of likely N-dealkylation sites (N-methyl/N-ethyl adjacent to an activating group) is 1. The van der Waals surface area contributed by atoms with Crippen LogP contribution in [0.5, 0.6) is 0 Å². The second kappa shape index (κ2) is 6.87. The summed E-state index contributed by atoms with van der Waals surface area (Å²) in [5.74, 6) is -2.06. The summed E-state index contributed by atoms with van der Waals surface area (Å²) >= 11 is 7.19. The molecule has 0 radical (unpaired) electrons. The maximum atomic E-state index is 13.1. The van der Waals surface area contributed by atoms with Gasteiger partial charge < -0.3 is 10.2 Å². The van der Waals surface area contributed by atoms with Crippen molar-refractivity contribution in [2.24, 2.45) is 0 Å². The molecule has 7 heteroatoms. The van der Waals surface area contributed by atoms with Gasteiger partial charge >= 0.3 is 0 Å². The summed E-state index contributed by atoms with van der Waals surface area (Å²) in [6.45, 7) is 0.437. The molecule has 0 fully saturated rings. The van der Waals surface area contributed by atoms with Crippen LogP contribution < -0.4 is 10.2 Å². The predicted molar refractivity (Wildman–Crippen MR) is 80.8 cm³/mol. The average Bonchev–Trinajstić information content (AvgIpc) is 2.85. The van der Waals surface area contributed by atoms with Crippen molar-refractivity contribution in [1.82, 2.24) is 5.32 Å². The highest BCUT2D eigenvalue weighted by atomic mass is 35.5. The first-order chi connectivity index (χ1) is 9.95. The lowest BCUT2D eigenvalue weighted by Crippen LogP contribution is -2.34. The van der Waals surface area contributed by atoms with E-state index in [1.807, 2.05) is 6.07 Å². The molecule has 1 N–H and O–H groups in total. The smallest absolute Gasteiger partial charge is 0.239 e. The van der Waals surface area contributed by atoms with Gasteiger partial charge in [0.25, 0.3) is 0 Å². The van der Waals surface area contributed by atoms with Crippen molar-refractivity contribution < 1.29 is 13.6 Å². The topological polar surface area (TPSA) is 32.3 Å². The molecule has 0 atom stereocenters. The predicted octanol–water partition coefficient (Wildman–Crippen LogP) is 3.43. The molecule has 1 aromatic heterocycles. The van der Waals surface area contributed by atoms with Gasteiger partial charge in [0, 0.05) is 23.7 Å². The van der Waals surface area contributed by atoms with Crippen molar-refractivity contribution in [1.29, 1.82) is 0 Å². The Morgan fingerprint density at radius 1 is 1.29 bits per heavy atom. The van der Waals surface area contributed by atoms with Crippen molar-refractivity contribution in [2.75, 3.05) is 18.5 Å². The van der Waals surface area contributed by atoms with Gasteiger partial charge in [-0.15, -0.1) is 11.3 Å². The molecule has 1 aromatic carbocycles. The van der Waals surface area contributed by atoms with Gasteiger partial charge in [-0.1, -0.05) is 11.6 Å². The zero-order valence-corrected chi connectivity index (χ0v) is 12.8. The Hall–Kier alpha value is -1.66. The third-order valence-electron chi connectivity index (χ3n) is 2.81. The summed E-state index contributed by atoms with van der Waals surface area (Å²) < 4.78 is 26.7. The van der Waals surface area contributed by atoms with E-state index in [4.69, 9.17) is 11.6 Å². The quantitative estimate of drug-likeness (QED) is 0.911. The van der Waals surface area contributed by atoms with E-state index in [1.165, 1.54) is 17.4 Å². The molecule has 0 spiro atoms. The number of benzene rings is 1. The van der Waals surface area contributed by atoms with Crippen LogP contribution >= 0.6 is 22.9 Å². The average molecular weight is 331 g/mol. The first-order valence-corrected chi connectivity index (χ1v) is 7.32. The van der Waals surface area contributed by atoms with E-state index in [-0.39, 0.29) is 12.5 Å². The van der Waals surface area contributed by atoms with Crippen LogP contribution in [0, 0.1) is 11.6 Å². The van der Waals surface area contributed by atoms with Crippen molar-refractivity contribution >= 4 is 34.5 Å². The van der Waals surface area contributed by atoms with Crippen LogP contribution in [-0.2, 0) is 11.3 Å². The number of hydrogen-bond donors (Lipinski definition) is 1. The molecule has 0 saturated carbocycles. The maximum absolute atomic E-state index is 13.1. The van der Waals surface area contributed by atoms with Crippen LogP contribution in [-0.4, -0.2) is 19.5 Å². The number of halogens is 3. The summed E-state index contributed by atoms with van der Waals surface area (Å²) in [5.41, 5.74) is 0.434. The van der Waals surface area contributed by atoms with Crippen LogP contribution in [0.2, 0.25) is 4.34 Å². The fourth-order valence-electron chi connectivity index (χ4n) is 1.72. The molecule has 2 aromatic rings. The van der Waals surface area contributed by atoms with E-state index in [1.54, 1.807) is 18.0 Å². The second-order valence-corrected chi connectivity index (χ2v) is 6.24. The van der Waals surface area contributed by atoms with Gasteiger partial charge in [0.1, 0.15) is 0 Å². The standard InChI is InChI=1S/C14H13ClF2N2OS/c1-19(9-2-4-11(16)12(17)6-9)8-14(20)18-7-10-3-5-13(15)21-10/h2-6H,7-8H2,1H3,(H,18,20). The van der Waals surface area contributed by atoms with E-state index < -0.39 is 11.6 Å². The van der Waals surface area contributed by atoms with Crippen molar-refractivity contribution in [2.45, 2.75) is 6.54 Å². The highest BCUT2D eigenvalue weighted by Crippen LogP contribution is 2.21. The third kappa shape index (κ3) is 4.41. The van der Waals surface area contributed by atoms with E-state index in [2.05, 4.69) is 5.32 Å². The molecule has 1 amide bonds. The molecule has 3 nitrogen and oxygen atoms in total. The highest BCUT2D eigenvalue weighted by molar-refractivity contribution is 7.16. The number of nitrogens with zero attached hydrogens (tertiary/aromatic N) is 1. The summed E-state index contributed by atoms with van der Waals surface area (Å²) in [5, 5.41) is 2.74. The monoisotopic (exact) mass is 330 g/mol. The number of rotatable bonds is 5. The minimum atomic E-state index is -0.937. The molecule has 1 heterocycles. The van der Waals surface area contributed by atoms with Gasteiger partial charge in [0.2, 0.25) is 5.91 Å². The summed E-state index contributed by atoms with van der Waals surface area (Å²) in [4.78, 5) is 14.3. The molecule has 0 aliphatic heterocycles. The van der Waals surface area contributed by atoms with Crippen LogP contribution in [0.1, 0.15) is 4.88 Å². The summed E-state index contributed by atoms with van der Waals surface area (Å²) in [7, 11) is 1.63. The first-order valence-electron chi connectivity index (χ1n) is 6.13. The maximum Gasteiger partial charge on any atom is 0.239 e. The number of anilines is 1. The number of hydrogen-bond acceptors (Lipinski definition) is 3. The lowest BCUT2D eigenvalue weighted by molar-refractivity contribution is -0.119. The van der Waals surface area contributed by atoms with Crippen LogP contribution in [0.4, 0.5) is 14.5 Å². The van der Waals surface area contributed by atoms with Gasteiger partial charge in [0.05, 0.1) is 17.4 Å². The SMILES string of the molecule is CN(CC(=O)NCc1ccc(Cl)s1)c1ccc(F)c(F)c1. The minimum Gasteiger partial charge on any atom is -0.365 e. The number of amides is 1. The Balaban J connectivity index is 1.88. The van der Waals surface area contributed by atoms with Crippen molar-refractivity contribution in [3.63, 3.8) is 0 Å². The molecular formula is C14H13ClF2N2OS. The number of carbonyl (C=O) groups excluding carboxylic acids is 1. The zero-order valence-electron chi connectivity index (χ0n) is 11.2. The van der Waals surface area contributed by atoms with E-state index in [0.29, 0.717) is 16.6 Å². The van der Waals surface area contributed by atoms with Gasteiger partial charge in [-0.05, 0) is 24.3 Å². The normalized spacial score (nSPS) is 10.5. The van der Waals surface area contributed by atoms with E-state index >= 15 is 0 Å². The van der Waals surface area contributed by atoms with Crippen molar-refractivity contribution in [3.8, 4) is 0 Å². The Morgan fingerprint density at radius 3 is 2.67 bits per heavy atom. The van der Waals surface area contributed by atoms with Gasteiger partial charge in [-0.3, -0.25) is 4.79 Å². The molecule has 0 saturated heterocycles. The molecule has 0 aliphatic rings. The molecule has 21 heavy (non-hydrogen) atoms. The summed E-state index contributed by atoms with van der Waals surface area (Å²) in [6.07, 6.45) is 0. The number of nitrogens with one attached hydrogen (secondary N) is 1. The Bertz CT molecular complexity index is 648. The molecular weight excluding hydrogens is 318 g/mol. The van der Waals surface area contributed by atoms with Crippen LogP contribution in [0.15, 0.2) is 30.3 Å². The Kier molecular flexibility index (Phi) is 5.14. The molecule has 0 unspecified atom stereocenters. The highest BCUT2D eigenvalue weighted by Gasteiger charge is 2.10. The van der Waals surface area contributed by atoms with Crippen LogP contribution in [0.3, 0.4) is 0 Å². The number of carbonyl (C=O) groups is 1. The number of thiophene rings is 1.